The minimum absolute atomic E-state index is 0.118. The van der Waals surface area contributed by atoms with Gasteiger partial charge in [-0.25, -0.2) is 19.4 Å². The monoisotopic (exact) mass is 378 g/mol. The summed E-state index contributed by atoms with van der Waals surface area (Å²) >= 11 is 0. The van der Waals surface area contributed by atoms with Crippen molar-refractivity contribution in [1.82, 2.24) is 30.0 Å². The lowest BCUT2D eigenvalue weighted by atomic mass is 9.95. The van der Waals surface area contributed by atoms with E-state index < -0.39 is 0 Å². The average Bonchev–Trinajstić information content (AvgIpc) is 2.76. The number of amides is 2. The van der Waals surface area contributed by atoms with Crippen LogP contribution in [0.15, 0.2) is 53.8 Å². The Hall–Kier alpha value is -3.29. The van der Waals surface area contributed by atoms with Crippen LogP contribution in [0.2, 0.25) is 0 Å². The van der Waals surface area contributed by atoms with Crippen LogP contribution >= 0.6 is 0 Å². The molecule has 0 spiro atoms. The molecule has 2 amide bonds. The third-order valence-electron chi connectivity index (χ3n) is 5.09. The van der Waals surface area contributed by atoms with Crippen molar-refractivity contribution in [3.05, 3.63) is 65.1 Å². The van der Waals surface area contributed by atoms with Crippen molar-refractivity contribution in [2.24, 2.45) is 0 Å². The normalized spacial score (nSPS) is 16.9. The number of likely N-dealkylation sites (tertiary alicyclic amines) is 1. The molecule has 2 aromatic heterocycles. The van der Waals surface area contributed by atoms with Crippen LogP contribution in [0.25, 0.3) is 10.8 Å². The SMILES string of the molecule is O=C(NCCn1ncc2ccccc2c1=O)N1CCCC(c2ccncn2)C1. The van der Waals surface area contributed by atoms with Gasteiger partial charge in [-0.05, 0) is 25.0 Å². The summed E-state index contributed by atoms with van der Waals surface area (Å²) in [6.07, 6.45) is 6.90. The van der Waals surface area contributed by atoms with Crippen LogP contribution in [0.5, 0.6) is 0 Å². The van der Waals surface area contributed by atoms with Gasteiger partial charge in [0.2, 0.25) is 0 Å². The number of hydrogen-bond acceptors (Lipinski definition) is 5. The first-order valence-electron chi connectivity index (χ1n) is 9.46. The fraction of sp³-hybridized carbons (Fsp3) is 0.350. The molecule has 8 heteroatoms. The minimum Gasteiger partial charge on any atom is -0.336 e. The Balaban J connectivity index is 1.34. The van der Waals surface area contributed by atoms with Crippen LogP contribution < -0.4 is 10.9 Å². The van der Waals surface area contributed by atoms with E-state index in [-0.39, 0.29) is 17.5 Å². The highest BCUT2D eigenvalue weighted by atomic mass is 16.2. The van der Waals surface area contributed by atoms with E-state index in [1.165, 1.54) is 4.68 Å². The minimum atomic E-state index is -0.144. The predicted molar refractivity (Wildman–Crippen MR) is 105 cm³/mol. The molecule has 4 rings (SSSR count). The Kier molecular flexibility index (Phi) is 5.27. The highest BCUT2D eigenvalue weighted by Gasteiger charge is 2.25. The first-order chi connectivity index (χ1) is 13.7. The van der Waals surface area contributed by atoms with Crippen molar-refractivity contribution in [2.45, 2.75) is 25.3 Å². The number of nitrogens with zero attached hydrogens (tertiary/aromatic N) is 5. The molecular weight excluding hydrogens is 356 g/mol. The van der Waals surface area contributed by atoms with E-state index in [1.807, 2.05) is 29.2 Å². The van der Waals surface area contributed by atoms with Gasteiger partial charge in [0.1, 0.15) is 6.33 Å². The Morgan fingerprint density at radius 3 is 3.00 bits per heavy atom. The molecule has 1 atom stereocenters. The molecule has 144 valence electrons. The smallest absolute Gasteiger partial charge is 0.317 e. The molecule has 8 nitrogen and oxygen atoms in total. The molecule has 0 bridgehead atoms. The number of urea groups is 1. The van der Waals surface area contributed by atoms with Gasteiger partial charge < -0.3 is 10.2 Å². The van der Waals surface area contributed by atoms with Crippen molar-refractivity contribution in [1.29, 1.82) is 0 Å². The lowest BCUT2D eigenvalue weighted by Gasteiger charge is -2.32. The number of hydrogen-bond donors (Lipinski definition) is 1. The van der Waals surface area contributed by atoms with Crippen LogP contribution in [-0.4, -0.2) is 50.3 Å². The van der Waals surface area contributed by atoms with Gasteiger partial charge >= 0.3 is 6.03 Å². The van der Waals surface area contributed by atoms with Gasteiger partial charge in [-0.15, -0.1) is 0 Å². The van der Waals surface area contributed by atoms with Crippen molar-refractivity contribution in [3.63, 3.8) is 0 Å². The molecule has 0 aliphatic carbocycles. The largest absolute Gasteiger partial charge is 0.336 e. The summed E-state index contributed by atoms with van der Waals surface area (Å²) in [7, 11) is 0. The molecule has 1 N–H and O–H groups in total. The van der Waals surface area contributed by atoms with E-state index in [2.05, 4.69) is 20.4 Å². The lowest BCUT2D eigenvalue weighted by Crippen LogP contribution is -2.46. The molecule has 1 fully saturated rings. The summed E-state index contributed by atoms with van der Waals surface area (Å²) in [4.78, 5) is 35.1. The molecule has 3 heterocycles. The molecule has 28 heavy (non-hydrogen) atoms. The molecule has 1 unspecified atom stereocenters. The van der Waals surface area contributed by atoms with E-state index in [0.29, 0.717) is 25.0 Å². The molecule has 3 aromatic rings. The lowest BCUT2D eigenvalue weighted by molar-refractivity contribution is 0.178. The number of carbonyl (C=O) groups excluding carboxylic acids is 1. The number of carbonyl (C=O) groups is 1. The Labute approximate surface area is 162 Å². The molecule has 0 saturated carbocycles. The second kappa shape index (κ2) is 8.16. The maximum Gasteiger partial charge on any atom is 0.317 e. The van der Waals surface area contributed by atoms with Crippen molar-refractivity contribution < 1.29 is 4.79 Å². The van der Waals surface area contributed by atoms with Crippen LogP contribution in [0.1, 0.15) is 24.5 Å². The second-order valence-corrected chi connectivity index (χ2v) is 6.91. The summed E-state index contributed by atoms with van der Waals surface area (Å²) in [6, 6.07) is 9.15. The third kappa shape index (κ3) is 3.85. The first-order valence-corrected chi connectivity index (χ1v) is 9.46. The number of fused-ring (bicyclic) bond motifs is 1. The summed E-state index contributed by atoms with van der Waals surface area (Å²) in [5.74, 6) is 0.229. The Bertz CT molecular complexity index is 1020. The number of benzene rings is 1. The molecular formula is C20H22N6O2. The van der Waals surface area contributed by atoms with Crippen LogP contribution in [0.4, 0.5) is 4.79 Å². The second-order valence-electron chi connectivity index (χ2n) is 6.91. The van der Waals surface area contributed by atoms with Gasteiger partial charge in [0, 0.05) is 42.8 Å². The van der Waals surface area contributed by atoms with E-state index in [9.17, 15) is 9.59 Å². The van der Waals surface area contributed by atoms with Gasteiger partial charge in [-0.3, -0.25) is 4.79 Å². The molecule has 1 aliphatic rings. The van der Waals surface area contributed by atoms with Gasteiger partial charge in [0.05, 0.1) is 18.1 Å². The fourth-order valence-electron chi connectivity index (χ4n) is 3.61. The van der Waals surface area contributed by atoms with Crippen molar-refractivity contribution >= 4 is 16.8 Å². The van der Waals surface area contributed by atoms with Crippen LogP contribution in [0, 0.1) is 0 Å². The summed E-state index contributed by atoms with van der Waals surface area (Å²) in [5, 5.41) is 8.54. The van der Waals surface area contributed by atoms with E-state index in [0.717, 1.165) is 30.5 Å². The van der Waals surface area contributed by atoms with Crippen LogP contribution in [0.3, 0.4) is 0 Å². The average molecular weight is 378 g/mol. The van der Waals surface area contributed by atoms with Gasteiger partial charge in [-0.1, -0.05) is 18.2 Å². The highest BCUT2D eigenvalue weighted by molar-refractivity contribution is 5.80. The predicted octanol–water partition coefficient (Wildman–Crippen LogP) is 1.78. The number of nitrogens with one attached hydrogen (secondary N) is 1. The third-order valence-corrected chi connectivity index (χ3v) is 5.09. The number of rotatable bonds is 4. The van der Waals surface area contributed by atoms with Gasteiger partial charge in [0.25, 0.3) is 5.56 Å². The zero-order chi connectivity index (χ0) is 19.3. The van der Waals surface area contributed by atoms with E-state index in [1.54, 1.807) is 24.8 Å². The molecule has 1 aliphatic heterocycles. The number of piperidine rings is 1. The van der Waals surface area contributed by atoms with Crippen molar-refractivity contribution in [3.8, 4) is 0 Å². The van der Waals surface area contributed by atoms with Crippen LogP contribution in [-0.2, 0) is 6.54 Å². The Morgan fingerprint density at radius 1 is 1.25 bits per heavy atom. The molecule has 0 radical (unpaired) electrons. The van der Waals surface area contributed by atoms with E-state index in [4.69, 9.17) is 0 Å². The van der Waals surface area contributed by atoms with Crippen molar-refractivity contribution in [2.75, 3.05) is 19.6 Å². The highest BCUT2D eigenvalue weighted by Crippen LogP contribution is 2.24. The van der Waals surface area contributed by atoms with Gasteiger partial charge in [-0.2, -0.15) is 5.10 Å². The first kappa shape index (κ1) is 18.1. The summed E-state index contributed by atoms with van der Waals surface area (Å²) in [6.45, 7) is 2.04. The summed E-state index contributed by atoms with van der Waals surface area (Å²) < 4.78 is 1.39. The maximum absolute atomic E-state index is 12.5. The molecule has 1 aromatic carbocycles. The van der Waals surface area contributed by atoms with Gasteiger partial charge in [0.15, 0.2) is 0 Å². The fourth-order valence-corrected chi connectivity index (χ4v) is 3.61. The number of aromatic nitrogens is 4. The van der Waals surface area contributed by atoms with E-state index >= 15 is 0 Å². The topological polar surface area (TPSA) is 93.0 Å². The molecule has 1 saturated heterocycles. The summed E-state index contributed by atoms with van der Waals surface area (Å²) in [5.41, 5.74) is 0.827. The zero-order valence-corrected chi connectivity index (χ0v) is 15.5. The Morgan fingerprint density at radius 2 is 2.14 bits per heavy atom. The quantitative estimate of drug-likeness (QED) is 0.747. The maximum atomic E-state index is 12.5. The zero-order valence-electron chi connectivity index (χ0n) is 15.5. The standard InChI is InChI=1S/C20H22N6O2/c27-19-17-6-2-1-4-15(17)12-24-26(19)11-9-22-20(28)25-10-3-5-16(13-25)18-7-8-21-14-23-18/h1-2,4,6-8,12,14,16H,3,5,9-11,13H2,(H,22,28).